The summed E-state index contributed by atoms with van der Waals surface area (Å²) in [6.07, 6.45) is 0.893. The third kappa shape index (κ3) is 21.2. The Morgan fingerprint density at radius 2 is 1.41 bits per heavy atom. The SMILES string of the molecule is CC(=O)CC(=O)CCc1ccc(NC(=O)CCCC(=O)NCCOCCOCCOCCOc2cc(N)cc(C(=O)NCC(=O)NC(CC(=O)O)c3cc(Cl)cc(Cl)c3O)c2)cc1. The van der Waals surface area contributed by atoms with Crippen LogP contribution in [-0.2, 0) is 49.4 Å². The summed E-state index contributed by atoms with van der Waals surface area (Å²) in [5, 5.41) is 30.1. The van der Waals surface area contributed by atoms with Gasteiger partial charge < -0.3 is 56.2 Å². The average molecular weight is 919 g/mol. The third-order valence-corrected chi connectivity index (χ3v) is 9.25. The molecule has 1 unspecified atom stereocenters. The number of rotatable bonds is 30. The number of ketones is 2. The summed E-state index contributed by atoms with van der Waals surface area (Å²) >= 11 is 12.0. The Morgan fingerprint density at radius 3 is 2.08 bits per heavy atom. The Hall–Kier alpha value is -5.79. The number of amides is 4. The number of nitrogens with one attached hydrogen (secondary N) is 4. The maximum absolute atomic E-state index is 12.8. The number of Topliss-reactive ketones (excluding diaryl/α,β-unsaturated/α-hetero) is 2. The predicted octanol–water partition coefficient (Wildman–Crippen LogP) is 4.18. The van der Waals surface area contributed by atoms with E-state index in [2.05, 4.69) is 21.3 Å². The summed E-state index contributed by atoms with van der Waals surface area (Å²) in [4.78, 5) is 84.1. The lowest BCUT2D eigenvalue weighted by Crippen LogP contribution is -2.39. The molecule has 3 rings (SSSR count). The number of aryl methyl sites for hydroxylation is 1. The van der Waals surface area contributed by atoms with Crippen molar-refractivity contribution in [2.45, 2.75) is 57.9 Å². The van der Waals surface area contributed by atoms with Crippen molar-refractivity contribution in [3.63, 3.8) is 0 Å². The van der Waals surface area contributed by atoms with Gasteiger partial charge in [-0.2, -0.15) is 0 Å². The smallest absolute Gasteiger partial charge is 0.305 e. The maximum atomic E-state index is 12.8. The highest BCUT2D eigenvalue weighted by Crippen LogP contribution is 2.36. The van der Waals surface area contributed by atoms with Gasteiger partial charge in [0, 0.05) is 59.4 Å². The lowest BCUT2D eigenvalue weighted by Gasteiger charge is -2.19. The zero-order valence-electron chi connectivity index (χ0n) is 34.8. The van der Waals surface area contributed by atoms with Crippen LogP contribution in [-0.4, -0.2) is 111 Å². The van der Waals surface area contributed by atoms with Crippen LogP contribution in [0, 0.1) is 0 Å². The molecule has 0 aliphatic rings. The molecule has 0 spiro atoms. The molecular formula is C43H53Cl2N5O13. The van der Waals surface area contributed by atoms with Crippen molar-refractivity contribution in [3.05, 3.63) is 81.3 Å². The quantitative estimate of drug-likeness (QED) is 0.0281. The molecule has 63 heavy (non-hydrogen) atoms. The second kappa shape index (κ2) is 28.0. The van der Waals surface area contributed by atoms with Crippen LogP contribution in [0.2, 0.25) is 10.0 Å². The zero-order valence-corrected chi connectivity index (χ0v) is 36.3. The third-order valence-electron chi connectivity index (χ3n) is 8.74. The fourth-order valence-electron chi connectivity index (χ4n) is 5.76. The van der Waals surface area contributed by atoms with Gasteiger partial charge in [0.05, 0.1) is 70.1 Å². The molecule has 0 heterocycles. The van der Waals surface area contributed by atoms with Crippen molar-refractivity contribution < 1.29 is 62.7 Å². The molecule has 3 aromatic carbocycles. The number of aromatic hydroxyl groups is 1. The van der Waals surface area contributed by atoms with Crippen molar-refractivity contribution in [1.82, 2.24) is 16.0 Å². The van der Waals surface area contributed by atoms with Crippen molar-refractivity contribution >= 4 is 75.7 Å². The van der Waals surface area contributed by atoms with Gasteiger partial charge in [-0.3, -0.25) is 33.6 Å². The molecule has 0 aliphatic heterocycles. The first-order chi connectivity index (χ1) is 30.1. The van der Waals surface area contributed by atoms with Crippen molar-refractivity contribution in [2.24, 2.45) is 0 Å². The van der Waals surface area contributed by atoms with Crippen molar-refractivity contribution in [3.8, 4) is 11.5 Å². The average Bonchev–Trinajstić information content (AvgIpc) is 3.21. The normalized spacial score (nSPS) is 11.3. The molecule has 0 fully saturated rings. The number of ether oxygens (including phenoxy) is 4. The number of carboxylic acid groups (broad SMARTS) is 1. The van der Waals surface area contributed by atoms with Crippen LogP contribution in [0.25, 0.3) is 0 Å². The van der Waals surface area contributed by atoms with E-state index in [0.29, 0.717) is 44.9 Å². The first-order valence-corrected chi connectivity index (χ1v) is 20.8. The number of phenols is 1. The summed E-state index contributed by atoms with van der Waals surface area (Å²) in [5.74, 6) is -3.47. The molecule has 8 N–H and O–H groups in total. The van der Waals surface area contributed by atoms with Gasteiger partial charge in [0.25, 0.3) is 5.91 Å². The molecule has 0 bridgehead atoms. The van der Waals surface area contributed by atoms with Crippen LogP contribution in [0.4, 0.5) is 11.4 Å². The highest BCUT2D eigenvalue weighted by atomic mass is 35.5. The van der Waals surface area contributed by atoms with Gasteiger partial charge in [-0.15, -0.1) is 0 Å². The van der Waals surface area contributed by atoms with Crippen LogP contribution >= 0.6 is 23.2 Å². The minimum absolute atomic E-state index is 0.000824. The number of carboxylic acids is 1. The summed E-state index contributed by atoms with van der Waals surface area (Å²) in [6, 6.07) is 12.8. The van der Waals surface area contributed by atoms with Gasteiger partial charge in [-0.1, -0.05) is 35.3 Å². The number of carbonyl (C=O) groups is 7. The summed E-state index contributed by atoms with van der Waals surface area (Å²) in [6.45, 7) is 2.98. The van der Waals surface area contributed by atoms with Crippen LogP contribution in [0.15, 0.2) is 54.6 Å². The standard InChI is InChI=1S/C43H53Cl2N5O13/c1-27(51)19-33(52)10-7-28-5-8-32(9-6-28)49-39(54)4-2-3-38(53)47-11-12-60-13-14-61-15-16-62-17-18-63-34-21-29(20-31(46)24-34)43(59)48-26-40(55)50-37(25-41(56)57)35-22-30(44)23-36(45)42(35)58/h5-6,8-9,20-24,37,58H,2-4,7,10-19,25-26,46H2,1H3,(H,47,53)(H,48,59)(H,49,54)(H,50,55)(H,56,57). The van der Waals surface area contributed by atoms with E-state index >= 15 is 0 Å². The van der Waals surface area contributed by atoms with Gasteiger partial charge in [0.2, 0.25) is 17.7 Å². The first kappa shape index (κ1) is 51.6. The molecule has 0 aliphatic carbocycles. The minimum Gasteiger partial charge on any atom is -0.506 e. The molecule has 0 saturated carbocycles. The number of phenolic OH excluding ortho intramolecular Hbond substituents is 1. The highest BCUT2D eigenvalue weighted by molar-refractivity contribution is 6.35. The number of anilines is 2. The van der Waals surface area contributed by atoms with Crippen LogP contribution in [0.5, 0.6) is 11.5 Å². The number of benzene rings is 3. The van der Waals surface area contributed by atoms with E-state index in [0.717, 1.165) is 5.56 Å². The van der Waals surface area contributed by atoms with Gasteiger partial charge in [0.15, 0.2) is 0 Å². The number of nitrogens with two attached hydrogens (primary N) is 1. The maximum Gasteiger partial charge on any atom is 0.305 e. The molecule has 20 heteroatoms. The molecule has 3 aromatic rings. The number of halogens is 2. The number of hydrogen-bond donors (Lipinski definition) is 7. The summed E-state index contributed by atoms with van der Waals surface area (Å²) in [5.41, 5.74) is 7.82. The summed E-state index contributed by atoms with van der Waals surface area (Å²) in [7, 11) is 0. The second-order valence-electron chi connectivity index (χ2n) is 14.1. The Kier molecular flexibility index (Phi) is 22.9. The fourth-order valence-corrected chi connectivity index (χ4v) is 6.27. The van der Waals surface area contributed by atoms with Crippen molar-refractivity contribution in [1.29, 1.82) is 0 Å². The largest absolute Gasteiger partial charge is 0.506 e. The van der Waals surface area contributed by atoms with E-state index < -0.39 is 42.5 Å². The molecular weight excluding hydrogens is 865 g/mol. The van der Waals surface area contributed by atoms with Gasteiger partial charge in [0.1, 0.15) is 29.7 Å². The Bertz CT molecular complexity index is 2030. The number of hydrogen-bond acceptors (Lipinski definition) is 13. The number of aliphatic carboxylic acids is 1. The zero-order chi connectivity index (χ0) is 46.1. The molecule has 342 valence electrons. The molecule has 1 atom stereocenters. The predicted molar refractivity (Wildman–Crippen MR) is 233 cm³/mol. The van der Waals surface area contributed by atoms with Gasteiger partial charge >= 0.3 is 5.97 Å². The molecule has 0 radical (unpaired) electrons. The van der Waals surface area contributed by atoms with Gasteiger partial charge in [-0.05, 0) is 61.7 Å². The second-order valence-corrected chi connectivity index (χ2v) is 14.9. The Balaban J connectivity index is 1.19. The van der Waals surface area contributed by atoms with E-state index in [4.69, 9.17) is 47.9 Å². The van der Waals surface area contributed by atoms with E-state index in [1.54, 1.807) is 12.1 Å². The van der Waals surface area contributed by atoms with Crippen LogP contribution in [0.3, 0.4) is 0 Å². The molecule has 18 nitrogen and oxygen atoms in total. The lowest BCUT2D eigenvalue weighted by molar-refractivity contribution is -0.138. The number of nitrogen functional groups attached to an aromatic ring is 1. The minimum atomic E-state index is -1.26. The monoisotopic (exact) mass is 917 g/mol. The van der Waals surface area contributed by atoms with Crippen LogP contribution in [0.1, 0.15) is 73.0 Å². The van der Waals surface area contributed by atoms with Gasteiger partial charge in [-0.25, -0.2) is 0 Å². The van der Waals surface area contributed by atoms with E-state index in [9.17, 15) is 43.8 Å². The molecule has 0 saturated heterocycles. The number of carbonyl (C=O) groups excluding carboxylic acids is 6. The summed E-state index contributed by atoms with van der Waals surface area (Å²) < 4.78 is 22.1. The van der Waals surface area contributed by atoms with E-state index in [1.165, 1.54) is 37.3 Å². The molecule has 4 amide bonds. The van der Waals surface area contributed by atoms with E-state index in [-0.39, 0.29) is 108 Å². The lowest BCUT2D eigenvalue weighted by atomic mass is 10.0. The van der Waals surface area contributed by atoms with Crippen LogP contribution < -0.4 is 31.7 Å². The first-order valence-electron chi connectivity index (χ1n) is 20.0. The van der Waals surface area contributed by atoms with Crippen molar-refractivity contribution in [2.75, 3.05) is 70.4 Å². The fraction of sp³-hybridized carbons (Fsp3) is 0.419. The molecule has 0 aromatic heterocycles. The topological polar surface area (TPSA) is 271 Å². The highest BCUT2D eigenvalue weighted by Gasteiger charge is 2.24. The Morgan fingerprint density at radius 1 is 0.762 bits per heavy atom. The van der Waals surface area contributed by atoms with E-state index in [1.807, 2.05) is 12.1 Å². The Labute approximate surface area is 374 Å².